The molecule has 7 heteroatoms. The SMILES string of the molecule is C#CCN1CCCCC1C(=O)N1CCN(Cc2noc(CC)n2)CC1. The average Bonchev–Trinajstić information content (AvgIpc) is 3.10. The molecule has 2 aliphatic rings. The van der Waals surface area contributed by atoms with Crippen LogP contribution < -0.4 is 0 Å². The molecule has 2 fully saturated rings. The zero-order valence-corrected chi connectivity index (χ0v) is 15.0. The first-order valence-corrected chi connectivity index (χ1v) is 9.21. The van der Waals surface area contributed by atoms with E-state index in [0.29, 0.717) is 19.0 Å². The smallest absolute Gasteiger partial charge is 0.240 e. The maximum Gasteiger partial charge on any atom is 0.240 e. The van der Waals surface area contributed by atoms with Gasteiger partial charge in [0.05, 0.1) is 19.1 Å². The molecule has 1 amide bonds. The van der Waals surface area contributed by atoms with Crippen molar-refractivity contribution in [3.05, 3.63) is 11.7 Å². The third kappa shape index (κ3) is 4.39. The van der Waals surface area contributed by atoms with Crippen molar-refractivity contribution < 1.29 is 9.32 Å². The van der Waals surface area contributed by atoms with Gasteiger partial charge in [0.1, 0.15) is 0 Å². The molecule has 25 heavy (non-hydrogen) atoms. The molecule has 1 aromatic heterocycles. The van der Waals surface area contributed by atoms with E-state index < -0.39 is 0 Å². The predicted molar refractivity (Wildman–Crippen MR) is 93.6 cm³/mol. The van der Waals surface area contributed by atoms with Gasteiger partial charge in [-0.05, 0) is 19.4 Å². The van der Waals surface area contributed by atoms with Crippen molar-refractivity contribution in [3.63, 3.8) is 0 Å². The minimum atomic E-state index is -0.0410. The van der Waals surface area contributed by atoms with Gasteiger partial charge in [0.2, 0.25) is 11.8 Å². The van der Waals surface area contributed by atoms with Gasteiger partial charge in [-0.25, -0.2) is 0 Å². The number of nitrogens with zero attached hydrogens (tertiary/aromatic N) is 5. The second-order valence-corrected chi connectivity index (χ2v) is 6.75. The fraction of sp³-hybridized carbons (Fsp3) is 0.722. The summed E-state index contributed by atoms with van der Waals surface area (Å²) < 4.78 is 5.15. The summed E-state index contributed by atoms with van der Waals surface area (Å²) in [5, 5.41) is 4.01. The first-order chi connectivity index (χ1) is 12.2. The zero-order valence-electron chi connectivity index (χ0n) is 15.0. The summed E-state index contributed by atoms with van der Waals surface area (Å²) in [4.78, 5) is 23.7. The van der Waals surface area contributed by atoms with Gasteiger partial charge in [0.15, 0.2) is 5.82 Å². The van der Waals surface area contributed by atoms with Gasteiger partial charge >= 0.3 is 0 Å². The van der Waals surface area contributed by atoms with E-state index in [0.717, 1.165) is 64.2 Å². The highest BCUT2D eigenvalue weighted by molar-refractivity contribution is 5.82. The first kappa shape index (κ1) is 17.9. The van der Waals surface area contributed by atoms with Crippen LogP contribution in [-0.2, 0) is 17.8 Å². The summed E-state index contributed by atoms with van der Waals surface area (Å²) in [6.07, 6.45) is 9.37. The number of aromatic nitrogens is 2. The Morgan fingerprint density at radius 1 is 1.28 bits per heavy atom. The number of terminal acetylenes is 1. The van der Waals surface area contributed by atoms with Crippen LogP contribution in [-0.4, -0.2) is 76.1 Å². The summed E-state index contributed by atoms with van der Waals surface area (Å²) >= 11 is 0. The van der Waals surface area contributed by atoms with E-state index in [1.807, 2.05) is 11.8 Å². The summed E-state index contributed by atoms with van der Waals surface area (Å²) in [6, 6.07) is -0.0410. The molecule has 1 unspecified atom stereocenters. The van der Waals surface area contributed by atoms with Crippen molar-refractivity contribution in [1.82, 2.24) is 24.8 Å². The molecule has 2 saturated heterocycles. The van der Waals surface area contributed by atoms with E-state index in [9.17, 15) is 4.79 Å². The van der Waals surface area contributed by atoms with Crippen LogP contribution in [0.4, 0.5) is 0 Å². The number of hydrogen-bond acceptors (Lipinski definition) is 6. The number of piperazine rings is 1. The van der Waals surface area contributed by atoms with Crippen LogP contribution in [0.5, 0.6) is 0 Å². The molecular formula is C18H27N5O2. The second-order valence-electron chi connectivity index (χ2n) is 6.75. The van der Waals surface area contributed by atoms with E-state index >= 15 is 0 Å². The molecular weight excluding hydrogens is 318 g/mol. The summed E-state index contributed by atoms with van der Waals surface area (Å²) in [6.45, 7) is 7.34. The molecule has 7 nitrogen and oxygen atoms in total. The molecule has 0 aromatic carbocycles. The number of hydrogen-bond donors (Lipinski definition) is 0. The summed E-state index contributed by atoms with van der Waals surface area (Å²) in [5.74, 6) is 4.33. The fourth-order valence-electron chi connectivity index (χ4n) is 3.61. The number of piperidine rings is 1. The number of aryl methyl sites for hydroxylation is 1. The molecule has 0 aliphatic carbocycles. The van der Waals surface area contributed by atoms with E-state index in [4.69, 9.17) is 10.9 Å². The Balaban J connectivity index is 1.51. The molecule has 3 heterocycles. The highest BCUT2D eigenvalue weighted by Crippen LogP contribution is 2.19. The molecule has 1 aromatic rings. The maximum atomic E-state index is 12.9. The second kappa shape index (κ2) is 8.45. The van der Waals surface area contributed by atoms with Crippen LogP contribution in [0.3, 0.4) is 0 Å². The molecule has 0 radical (unpaired) electrons. The lowest BCUT2D eigenvalue weighted by Crippen LogP contribution is -2.55. The number of likely N-dealkylation sites (tertiary alicyclic amines) is 1. The lowest BCUT2D eigenvalue weighted by atomic mass is 10.0. The summed E-state index contributed by atoms with van der Waals surface area (Å²) in [7, 11) is 0. The van der Waals surface area contributed by atoms with E-state index in [1.54, 1.807) is 0 Å². The number of rotatable bonds is 5. The normalized spacial score (nSPS) is 22.7. The van der Waals surface area contributed by atoms with Gasteiger partial charge in [-0.15, -0.1) is 6.42 Å². The number of carbonyl (C=O) groups excluding carboxylic acids is 1. The van der Waals surface area contributed by atoms with Gasteiger partial charge in [-0.2, -0.15) is 4.98 Å². The molecule has 0 saturated carbocycles. The maximum absolute atomic E-state index is 12.9. The van der Waals surface area contributed by atoms with Crippen molar-refractivity contribution in [2.45, 2.75) is 45.2 Å². The predicted octanol–water partition coefficient (Wildman–Crippen LogP) is 0.764. The van der Waals surface area contributed by atoms with Crippen molar-refractivity contribution in [3.8, 4) is 12.3 Å². The molecule has 0 N–H and O–H groups in total. The summed E-state index contributed by atoms with van der Waals surface area (Å²) in [5.41, 5.74) is 0. The third-order valence-corrected chi connectivity index (χ3v) is 5.05. The molecule has 0 spiro atoms. The lowest BCUT2D eigenvalue weighted by Gasteiger charge is -2.40. The van der Waals surface area contributed by atoms with Crippen LogP contribution >= 0.6 is 0 Å². The third-order valence-electron chi connectivity index (χ3n) is 5.05. The zero-order chi connectivity index (χ0) is 17.6. The van der Waals surface area contributed by atoms with Gasteiger partial charge in [-0.1, -0.05) is 24.4 Å². The Morgan fingerprint density at radius 2 is 2.08 bits per heavy atom. The van der Waals surface area contributed by atoms with Crippen LogP contribution in [0.2, 0.25) is 0 Å². The van der Waals surface area contributed by atoms with Crippen molar-refractivity contribution in [2.75, 3.05) is 39.3 Å². The Bertz CT molecular complexity index is 615. The average molecular weight is 345 g/mol. The molecule has 136 valence electrons. The van der Waals surface area contributed by atoms with Crippen molar-refractivity contribution >= 4 is 5.91 Å². The molecule has 0 bridgehead atoms. The lowest BCUT2D eigenvalue weighted by molar-refractivity contribution is -0.139. The van der Waals surface area contributed by atoms with Crippen molar-refractivity contribution in [1.29, 1.82) is 0 Å². The Kier molecular flexibility index (Phi) is 6.05. The van der Waals surface area contributed by atoms with E-state index in [2.05, 4.69) is 25.9 Å². The minimum Gasteiger partial charge on any atom is -0.339 e. The Labute approximate surface area is 149 Å². The van der Waals surface area contributed by atoms with Gasteiger partial charge in [-0.3, -0.25) is 14.6 Å². The van der Waals surface area contributed by atoms with Gasteiger partial charge in [0.25, 0.3) is 0 Å². The minimum absolute atomic E-state index is 0.0410. The standard InChI is InChI=1S/C18H27N5O2/c1-3-8-22-9-6-5-7-15(22)18(24)23-12-10-21(11-13-23)14-16-19-17(4-2)25-20-16/h1,15H,4-14H2,2H3. The van der Waals surface area contributed by atoms with Gasteiger partial charge < -0.3 is 9.42 Å². The van der Waals surface area contributed by atoms with Crippen LogP contribution in [0.15, 0.2) is 4.52 Å². The fourth-order valence-corrected chi connectivity index (χ4v) is 3.61. The van der Waals surface area contributed by atoms with Crippen LogP contribution in [0.1, 0.15) is 37.9 Å². The van der Waals surface area contributed by atoms with E-state index in [-0.39, 0.29) is 11.9 Å². The highest BCUT2D eigenvalue weighted by atomic mass is 16.5. The number of amides is 1. The van der Waals surface area contributed by atoms with E-state index in [1.165, 1.54) is 0 Å². The van der Waals surface area contributed by atoms with Crippen LogP contribution in [0.25, 0.3) is 0 Å². The topological polar surface area (TPSA) is 65.7 Å². The van der Waals surface area contributed by atoms with Crippen LogP contribution in [0, 0.1) is 12.3 Å². The molecule has 2 aliphatic heterocycles. The van der Waals surface area contributed by atoms with Crippen molar-refractivity contribution in [2.24, 2.45) is 0 Å². The largest absolute Gasteiger partial charge is 0.339 e. The Hall–Kier alpha value is -1.91. The molecule has 3 rings (SSSR count). The first-order valence-electron chi connectivity index (χ1n) is 9.21. The highest BCUT2D eigenvalue weighted by Gasteiger charge is 2.33. The number of carbonyl (C=O) groups is 1. The Morgan fingerprint density at radius 3 is 2.76 bits per heavy atom. The van der Waals surface area contributed by atoms with Gasteiger partial charge in [0, 0.05) is 32.6 Å². The monoisotopic (exact) mass is 345 g/mol. The quantitative estimate of drug-likeness (QED) is 0.734. The molecule has 1 atom stereocenters.